The first-order valence-electron chi connectivity index (χ1n) is 6.92. The highest BCUT2D eigenvalue weighted by molar-refractivity contribution is 6.00. The Balaban J connectivity index is 2.25. The van der Waals surface area contributed by atoms with E-state index in [0.29, 0.717) is 19.1 Å². The maximum absolute atomic E-state index is 13.4. The summed E-state index contributed by atoms with van der Waals surface area (Å²) in [5, 5.41) is 0. The Hall–Kier alpha value is -2.44. The van der Waals surface area contributed by atoms with Gasteiger partial charge in [-0.1, -0.05) is 0 Å². The van der Waals surface area contributed by atoms with E-state index in [9.17, 15) is 27.2 Å². The molecular weight excluding hydrogens is 314 g/mol. The van der Waals surface area contributed by atoms with Crippen molar-refractivity contribution in [2.75, 3.05) is 0 Å². The van der Waals surface area contributed by atoms with Crippen LogP contribution in [0, 0.1) is 5.82 Å². The predicted molar refractivity (Wildman–Crippen MR) is 73.4 cm³/mol. The fourth-order valence-electron chi connectivity index (χ4n) is 2.86. The zero-order valence-corrected chi connectivity index (χ0v) is 11.8. The highest BCUT2D eigenvalue weighted by atomic mass is 19.4. The molecule has 1 aromatic heterocycles. The number of carbonyl (C=O) groups is 2. The molecule has 0 spiro atoms. The van der Waals surface area contributed by atoms with Crippen molar-refractivity contribution in [3.05, 3.63) is 52.6 Å². The number of nitrogens with zero attached hydrogens (tertiary/aromatic N) is 1. The van der Waals surface area contributed by atoms with Gasteiger partial charge in [0.25, 0.3) is 0 Å². The Morgan fingerprint density at radius 2 is 1.91 bits per heavy atom. The van der Waals surface area contributed by atoms with E-state index in [1.807, 2.05) is 0 Å². The molecule has 0 fully saturated rings. The van der Waals surface area contributed by atoms with Crippen LogP contribution < -0.4 is 0 Å². The van der Waals surface area contributed by atoms with Crippen LogP contribution in [0.5, 0.6) is 0 Å². The number of rotatable bonds is 2. The van der Waals surface area contributed by atoms with Crippen molar-refractivity contribution in [2.45, 2.75) is 25.4 Å². The molecule has 0 atom stereocenters. The third-order valence-electron chi connectivity index (χ3n) is 3.89. The lowest BCUT2D eigenvalue weighted by atomic mass is 9.93. The van der Waals surface area contributed by atoms with Gasteiger partial charge in [0.15, 0.2) is 12.1 Å². The number of Topliss-reactive ketones (excluding diaryl/α,β-unsaturated/α-hetero) is 1. The maximum Gasteiger partial charge on any atom is 0.418 e. The zero-order chi connectivity index (χ0) is 16.8. The third-order valence-corrected chi connectivity index (χ3v) is 3.89. The van der Waals surface area contributed by atoms with E-state index in [1.54, 1.807) is 0 Å². The monoisotopic (exact) mass is 325 g/mol. The van der Waals surface area contributed by atoms with Crippen molar-refractivity contribution in [3.63, 3.8) is 0 Å². The highest BCUT2D eigenvalue weighted by Crippen LogP contribution is 2.38. The second-order valence-corrected chi connectivity index (χ2v) is 5.33. The van der Waals surface area contributed by atoms with Crippen LogP contribution in [-0.2, 0) is 12.6 Å². The molecule has 0 saturated carbocycles. The first-order chi connectivity index (χ1) is 10.8. The van der Waals surface area contributed by atoms with E-state index in [4.69, 9.17) is 0 Å². The first-order valence-corrected chi connectivity index (χ1v) is 6.92. The van der Waals surface area contributed by atoms with Crippen molar-refractivity contribution in [1.82, 2.24) is 4.57 Å². The summed E-state index contributed by atoms with van der Waals surface area (Å²) in [6.45, 7) is 0. The van der Waals surface area contributed by atoms with E-state index in [2.05, 4.69) is 0 Å². The summed E-state index contributed by atoms with van der Waals surface area (Å²) in [5.74, 6) is -1.30. The fourth-order valence-corrected chi connectivity index (χ4v) is 2.86. The fraction of sp³-hybridized carbons (Fsp3) is 0.250. The van der Waals surface area contributed by atoms with Gasteiger partial charge in [0.1, 0.15) is 5.82 Å². The zero-order valence-electron chi connectivity index (χ0n) is 11.8. The van der Waals surface area contributed by atoms with Crippen molar-refractivity contribution in [3.8, 4) is 5.69 Å². The van der Waals surface area contributed by atoms with E-state index in [0.717, 1.165) is 12.3 Å². The molecule has 3 nitrogen and oxygen atoms in total. The minimum absolute atomic E-state index is 0.0725. The minimum Gasteiger partial charge on any atom is -0.320 e. The lowest BCUT2D eigenvalue weighted by Gasteiger charge is -2.16. The summed E-state index contributed by atoms with van der Waals surface area (Å²) in [4.78, 5) is 22.8. The molecule has 0 N–H and O–H groups in total. The molecular formula is C16H11F4NO2. The number of halogens is 4. The summed E-state index contributed by atoms with van der Waals surface area (Å²) in [6.07, 6.45) is -2.68. The first kappa shape index (κ1) is 15.5. The van der Waals surface area contributed by atoms with E-state index in [-0.39, 0.29) is 28.9 Å². The Morgan fingerprint density at radius 1 is 1.17 bits per heavy atom. The summed E-state index contributed by atoms with van der Waals surface area (Å²) in [6, 6.07) is 3.47. The number of aromatic nitrogens is 1. The average Bonchev–Trinajstić information content (AvgIpc) is 2.89. The van der Waals surface area contributed by atoms with Crippen LogP contribution in [0.2, 0.25) is 0 Å². The Morgan fingerprint density at radius 3 is 2.57 bits per heavy atom. The van der Waals surface area contributed by atoms with E-state index < -0.39 is 23.3 Å². The Bertz CT molecular complexity index is 805. The predicted octanol–water partition coefficient (Wildman–Crippen LogP) is 3.97. The van der Waals surface area contributed by atoms with Crippen LogP contribution in [-0.4, -0.2) is 16.6 Å². The van der Waals surface area contributed by atoms with Crippen LogP contribution in [0.25, 0.3) is 5.69 Å². The molecule has 2 aromatic rings. The smallest absolute Gasteiger partial charge is 0.320 e. The molecule has 0 saturated heterocycles. The Labute approximate surface area is 128 Å². The van der Waals surface area contributed by atoms with Crippen LogP contribution in [0.1, 0.15) is 44.8 Å². The molecule has 120 valence electrons. The lowest BCUT2D eigenvalue weighted by Crippen LogP contribution is -2.16. The molecule has 0 radical (unpaired) electrons. The average molecular weight is 325 g/mol. The number of carbonyl (C=O) groups excluding carboxylic acids is 2. The molecule has 7 heteroatoms. The molecule has 0 unspecified atom stereocenters. The van der Waals surface area contributed by atoms with Gasteiger partial charge < -0.3 is 4.57 Å². The number of alkyl halides is 3. The summed E-state index contributed by atoms with van der Waals surface area (Å²) in [7, 11) is 0. The largest absolute Gasteiger partial charge is 0.418 e. The maximum atomic E-state index is 13.4. The molecule has 1 aliphatic rings. The van der Waals surface area contributed by atoms with Gasteiger partial charge >= 0.3 is 6.18 Å². The minimum atomic E-state index is -4.66. The van der Waals surface area contributed by atoms with Crippen LogP contribution in [0.15, 0.2) is 24.4 Å². The standard InChI is InChI=1S/C16H11F4NO2/c17-12-5-4-10(6-9(12)8-22)21-7-11(16(18,19)20)15-13(21)2-1-3-14(15)23/h4-8H,1-3H2. The SMILES string of the molecule is O=Cc1cc(-n2cc(C(F)(F)F)c3c2CCCC3=O)ccc1F. The number of hydrogen-bond acceptors (Lipinski definition) is 2. The molecule has 1 aromatic carbocycles. The van der Waals surface area contributed by atoms with Gasteiger partial charge in [-0.3, -0.25) is 9.59 Å². The van der Waals surface area contributed by atoms with Crippen molar-refractivity contribution >= 4 is 12.1 Å². The molecule has 0 amide bonds. The second kappa shape index (κ2) is 5.33. The number of aldehydes is 1. The van der Waals surface area contributed by atoms with Gasteiger partial charge in [-0.25, -0.2) is 4.39 Å². The third kappa shape index (κ3) is 2.56. The second-order valence-electron chi connectivity index (χ2n) is 5.33. The molecule has 0 bridgehead atoms. The number of ketones is 1. The highest BCUT2D eigenvalue weighted by Gasteiger charge is 2.40. The molecule has 0 aliphatic heterocycles. The van der Waals surface area contributed by atoms with Gasteiger partial charge in [0, 0.05) is 24.0 Å². The molecule has 1 heterocycles. The van der Waals surface area contributed by atoms with Crippen molar-refractivity contribution in [1.29, 1.82) is 0 Å². The van der Waals surface area contributed by atoms with E-state index in [1.165, 1.54) is 16.7 Å². The summed E-state index contributed by atoms with van der Waals surface area (Å²) >= 11 is 0. The van der Waals surface area contributed by atoms with Gasteiger partial charge in [0.2, 0.25) is 0 Å². The summed E-state index contributed by atoms with van der Waals surface area (Å²) < 4.78 is 54.2. The van der Waals surface area contributed by atoms with Gasteiger partial charge in [-0.15, -0.1) is 0 Å². The molecule has 3 rings (SSSR count). The van der Waals surface area contributed by atoms with Crippen LogP contribution in [0.4, 0.5) is 17.6 Å². The quantitative estimate of drug-likeness (QED) is 0.619. The Kier molecular flexibility index (Phi) is 3.58. The lowest BCUT2D eigenvalue weighted by molar-refractivity contribution is -0.137. The summed E-state index contributed by atoms with van der Waals surface area (Å²) in [5.41, 5.74) is -1.09. The van der Waals surface area contributed by atoms with Crippen molar-refractivity contribution < 1.29 is 27.2 Å². The number of benzene rings is 1. The number of hydrogen-bond donors (Lipinski definition) is 0. The van der Waals surface area contributed by atoms with E-state index >= 15 is 0 Å². The van der Waals surface area contributed by atoms with Gasteiger partial charge in [-0.2, -0.15) is 13.2 Å². The molecule has 23 heavy (non-hydrogen) atoms. The van der Waals surface area contributed by atoms with Gasteiger partial charge in [-0.05, 0) is 31.0 Å². The normalized spacial score (nSPS) is 14.7. The molecule has 1 aliphatic carbocycles. The van der Waals surface area contributed by atoms with Gasteiger partial charge in [0.05, 0.1) is 16.7 Å². The van der Waals surface area contributed by atoms with Crippen LogP contribution in [0.3, 0.4) is 0 Å². The van der Waals surface area contributed by atoms with Crippen molar-refractivity contribution in [2.24, 2.45) is 0 Å². The number of fused-ring (bicyclic) bond motifs is 1. The van der Waals surface area contributed by atoms with Crippen LogP contribution >= 0.6 is 0 Å². The topological polar surface area (TPSA) is 39.1 Å².